The van der Waals surface area contributed by atoms with Gasteiger partial charge in [0.1, 0.15) is 11.3 Å². The van der Waals surface area contributed by atoms with Crippen LogP contribution in [0, 0.1) is 46.3 Å². The molecule has 5 nitrogen and oxygen atoms in total. The van der Waals surface area contributed by atoms with Gasteiger partial charge in [-0.3, -0.25) is 0 Å². The maximum atomic E-state index is 6.75. The fourth-order valence-electron chi connectivity index (χ4n) is 10.0. The molecule has 5 fully saturated rings. The number of fused-ring (bicyclic) bond motifs is 4. The lowest BCUT2D eigenvalue weighted by molar-refractivity contribution is -0.125. The first-order valence-corrected chi connectivity index (χ1v) is 13.7. The molecule has 1 saturated heterocycles. The maximum absolute atomic E-state index is 6.75. The average molecular weight is 447 g/mol. The summed E-state index contributed by atoms with van der Waals surface area (Å²) in [6, 6.07) is 0.169. The molecule has 5 heteroatoms. The molecule has 5 unspecified atom stereocenters. The van der Waals surface area contributed by atoms with E-state index >= 15 is 0 Å². The number of hydrogen-bond acceptors (Lipinski definition) is 5. The molecular formula is C27H50N4O. The van der Waals surface area contributed by atoms with E-state index in [1.54, 1.807) is 0 Å². The highest BCUT2D eigenvalue weighted by atomic mass is 16.6. The Morgan fingerprint density at radius 1 is 0.938 bits per heavy atom. The fourth-order valence-corrected chi connectivity index (χ4v) is 10.0. The number of rotatable bonds is 5. The Hall–Kier alpha value is -0.200. The van der Waals surface area contributed by atoms with Gasteiger partial charge < -0.3 is 27.7 Å². The molecule has 32 heavy (non-hydrogen) atoms. The van der Waals surface area contributed by atoms with Crippen LogP contribution in [-0.4, -0.2) is 29.5 Å². The van der Waals surface area contributed by atoms with Crippen molar-refractivity contribution in [3.8, 4) is 0 Å². The summed E-state index contributed by atoms with van der Waals surface area (Å²) in [4.78, 5) is 0. The Bertz CT molecular complexity index is 741. The highest BCUT2D eigenvalue weighted by molar-refractivity contribution is 5.32. The molecule has 184 valence electrons. The standard InChI is InChI=1S/C27H50N4O/c1-15(2)21(28)9-6-16(3)18-7-8-19-17-14-23-26(32-23)25(5,13-11-22(29)27(26,30)31)20(17)10-12-24(18,19)4/h15-23H,6-14,28-31H2,1-5H3/t16?,17?,18-,19?,20?,21?,22+,23+,24-,25-,26+/m1/s1. The Morgan fingerprint density at radius 3 is 2.34 bits per heavy atom. The zero-order valence-corrected chi connectivity index (χ0v) is 21.3. The van der Waals surface area contributed by atoms with Crippen molar-refractivity contribution in [2.75, 3.05) is 0 Å². The van der Waals surface area contributed by atoms with Crippen molar-refractivity contribution in [1.29, 1.82) is 0 Å². The van der Waals surface area contributed by atoms with Crippen LogP contribution in [0.15, 0.2) is 0 Å². The second-order valence-corrected chi connectivity index (χ2v) is 13.6. The molecule has 0 amide bonds. The van der Waals surface area contributed by atoms with E-state index in [9.17, 15) is 0 Å². The molecule has 1 spiro atoms. The quantitative estimate of drug-likeness (QED) is 0.379. The van der Waals surface area contributed by atoms with Crippen LogP contribution >= 0.6 is 0 Å². The van der Waals surface area contributed by atoms with Gasteiger partial charge in [-0.2, -0.15) is 0 Å². The molecule has 11 atom stereocenters. The van der Waals surface area contributed by atoms with Gasteiger partial charge in [-0.1, -0.05) is 34.6 Å². The first-order chi connectivity index (χ1) is 14.9. The van der Waals surface area contributed by atoms with E-state index in [4.69, 9.17) is 27.7 Å². The molecule has 0 aromatic rings. The summed E-state index contributed by atoms with van der Waals surface area (Å²) in [5.74, 6) is 4.39. The molecule has 1 aliphatic heterocycles. The number of hydrogen-bond donors (Lipinski definition) is 4. The van der Waals surface area contributed by atoms with E-state index in [1.807, 2.05) is 0 Å². The SMILES string of the molecule is CC(C)C(N)CCC(C)[C@H]1CCC2C3C[C@@H]4O[C@@]45C(N)(N)[C@@H](N)CC[C@]5(C)C3CC[C@@]21C. The summed E-state index contributed by atoms with van der Waals surface area (Å²) in [5, 5.41) is 0. The third-order valence-electron chi connectivity index (χ3n) is 12.1. The third-order valence-corrected chi connectivity index (χ3v) is 12.1. The average Bonchev–Trinajstić information content (AvgIpc) is 3.38. The van der Waals surface area contributed by atoms with Gasteiger partial charge in [-0.15, -0.1) is 0 Å². The molecule has 0 aromatic heterocycles. The largest absolute Gasteiger partial charge is 0.362 e. The van der Waals surface area contributed by atoms with E-state index < -0.39 is 11.3 Å². The fraction of sp³-hybridized carbons (Fsp3) is 1.00. The minimum atomic E-state index is -0.904. The predicted molar refractivity (Wildman–Crippen MR) is 130 cm³/mol. The van der Waals surface area contributed by atoms with Crippen LogP contribution in [0.5, 0.6) is 0 Å². The molecule has 0 aromatic carbocycles. The molecule has 0 bridgehead atoms. The van der Waals surface area contributed by atoms with Crippen molar-refractivity contribution < 1.29 is 4.74 Å². The van der Waals surface area contributed by atoms with E-state index in [0.29, 0.717) is 23.3 Å². The van der Waals surface area contributed by atoms with Crippen LogP contribution in [0.4, 0.5) is 0 Å². The van der Waals surface area contributed by atoms with Crippen molar-refractivity contribution >= 4 is 0 Å². The second-order valence-electron chi connectivity index (χ2n) is 13.6. The Morgan fingerprint density at radius 2 is 1.66 bits per heavy atom. The molecule has 8 N–H and O–H groups in total. The maximum Gasteiger partial charge on any atom is 0.133 e. The molecule has 5 rings (SSSR count). The zero-order valence-electron chi connectivity index (χ0n) is 21.3. The van der Waals surface area contributed by atoms with Gasteiger partial charge >= 0.3 is 0 Å². The van der Waals surface area contributed by atoms with E-state index in [0.717, 1.165) is 49.4 Å². The van der Waals surface area contributed by atoms with Gasteiger partial charge in [-0.25, -0.2) is 0 Å². The smallest absolute Gasteiger partial charge is 0.133 e. The minimum absolute atomic E-state index is 0.0645. The Balaban J connectivity index is 1.36. The number of ether oxygens (including phenoxy) is 1. The second kappa shape index (κ2) is 7.40. The monoisotopic (exact) mass is 446 g/mol. The van der Waals surface area contributed by atoms with Crippen LogP contribution in [0.3, 0.4) is 0 Å². The van der Waals surface area contributed by atoms with E-state index in [2.05, 4.69) is 34.6 Å². The normalized spacial score (nSPS) is 53.1. The molecule has 4 aliphatic carbocycles. The predicted octanol–water partition coefficient (Wildman–Crippen LogP) is 3.73. The van der Waals surface area contributed by atoms with E-state index in [1.165, 1.54) is 32.1 Å². The molecule has 0 radical (unpaired) electrons. The van der Waals surface area contributed by atoms with Gasteiger partial charge in [0.15, 0.2) is 0 Å². The minimum Gasteiger partial charge on any atom is -0.362 e. The van der Waals surface area contributed by atoms with Crippen LogP contribution in [0.25, 0.3) is 0 Å². The summed E-state index contributed by atoms with van der Waals surface area (Å²) in [6.45, 7) is 12.1. The van der Waals surface area contributed by atoms with E-state index in [-0.39, 0.29) is 17.6 Å². The van der Waals surface area contributed by atoms with Gasteiger partial charge in [0.25, 0.3) is 0 Å². The summed E-state index contributed by atoms with van der Waals surface area (Å²) in [6.07, 6.45) is 11.2. The summed E-state index contributed by atoms with van der Waals surface area (Å²) >= 11 is 0. The van der Waals surface area contributed by atoms with Crippen LogP contribution in [-0.2, 0) is 4.74 Å². The van der Waals surface area contributed by atoms with Crippen molar-refractivity contribution in [2.45, 2.75) is 122 Å². The first-order valence-electron chi connectivity index (χ1n) is 13.7. The lowest BCUT2D eigenvalue weighted by atomic mass is 9.42. The van der Waals surface area contributed by atoms with Crippen LogP contribution in [0.2, 0.25) is 0 Å². The molecule has 4 saturated carbocycles. The van der Waals surface area contributed by atoms with Gasteiger partial charge in [-0.05, 0) is 98.7 Å². The third kappa shape index (κ3) is 2.87. The summed E-state index contributed by atoms with van der Waals surface area (Å²) in [7, 11) is 0. The van der Waals surface area contributed by atoms with Crippen LogP contribution < -0.4 is 22.9 Å². The van der Waals surface area contributed by atoms with Crippen molar-refractivity contribution in [1.82, 2.24) is 0 Å². The number of nitrogens with two attached hydrogens (primary N) is 4. The van der Waals surface area contributed by atoms with Gasteiger partial charge in [0, 0.05) is 17.5 Å². The van der Waals surface area contributed by atoms with Gasteiger partial charge in [0.2, 0.25) is 0 Å². The highest BCUT2D eigenvalue weighted by Crippen LogP contribution is 2.75. The molecule has 1 heterocycles. The van der Waals surface area contributed by atoms with Crippen molar-refractivity contribution in [2.24, 2.45) is 69.3 Å². The lowest BCUT2D eigenvalue weighted by Crippen LogP contribution is -2.80. The zero-order chi connectivity index (χ0) is 23.3. The molecule has 5 aliphatic rings. The Labute approximate surface area is 196 Å². The lowest BCUT2D eigenvalue weighted by Gasteiger charge is -2.62. The van der Waals surface area contributed by atoms with Crippen LogP contribution in [0.1, 0.15) is 92.4 Å². The topological polar surface area (TPSA) is 117 Å². The molecular weight excluding hydrogens is 396 g/mol. The van der Waals surface area contributed by atoms with Crippen molar-refractivity contribution in [3.05, 3.63) is 0 Å². The van der Waals surface area contributed by atoms with Crippen molar-refractivity contribution in [3.63, 3.8) is 0 Å². The Kier molecular flexibility index (Phi) is 5.44. The first kappa shape index (κ1) is 23.5. The highest BCUT2D eigenvalue weighted by Gasteiger charge is 2.82. The summed E-state index contributed by atoms with van der Waals surface area (Å²) < 4.78 is 6.55. The summed E-state index contributed by atoms with van der Waals surface area (Å²) in [5.41, 5.74) is 25.6. The van der Waals surface area contributed by atoms with Gasteiger partial charge in [0.05, 0.1) is 6.10 Å². The number of epoxide rings is 1.